The van der Waals surface area contributed by atoms with Crippen LogP contribution in [0.25, 0.3) is 17.8 Å². The molecule has 31 heavy (non-hydrogen) atoms. The Kier molecular flexibility index (Phi) is 5.08. The van der Waals surface area contributed by atoms with E-state index in [0.717, 1.165) is 53.6 Å². The number of aromatic nitrogens is 6. The summed E-state index contributed by atoms with van der Waals surface area (Å²) in [6, 6.07) is 12.1. The van der Waals surface area contributed by atoms with Crippen molar-refractivity contribution in [1.82, 2.24) is 29.3 Å². The molecule has 5 rings (SSSR count). The first-order valence-corrected chi connectivity index (χ1v) is 10.4. The van der Waals surface area contributed by atoms with Gasteiger partial charge in [-0.25, -0.2) is 14.6 Å². The van der Waals surface area contributed by atoms with E-state index in [0.29, 0.717) is 5.82 Å². The number of fused-ring (bicyclic) bond motifs is 1. The van der Waals surface area contributed by atoms with Gasteiger partial charge in [0.1, 0.15) is 11.6 Å². The Balaban J connectivity index is 1.41. The van der Waals surface area contributed by atoms with E-state index < -0.39 is 0 Å². The molecule has 0 unspecified atom stereocenters. The largest absolute Gasteiger partial charge is 0.495 e. The zero-order valence-corrected chi connectivity index (χ0v) is 17.6. The third-order valence-corrected chi connectivity index (χ3v) is 5.55. The summed E-state index contributed by atoms with van der Waals surface area (Å²) >= 11 is 0. The number of benzene rings is 1. The van der Waals surface area contributed by atoms with Gasteiger partial charge in [-0.3, -0.25) is 4.98 Å². The zero-order valence-electron chi connectivity index (χ0n) is 17.6. The lowest BCUT2D eigenvalue weighted by atomic mass is 9.95. The summed E-state index contributed by atoms with van der Waals surface area (Å²) in [6.45, 7) is 2.86. The Bertz CT molecular complexity index is 1220. The van der Waals surface area contributed by atoms with E-state index in [1.807, 2.05) is 65.0 Å². The second kappa shape index (κ2) is 8.18. The fourth-order valence-corrected chi connectivity index (χ4v) is 4.04. The molecule has 0 saturated carbocycles. The molecule has 156 valence electrons. The van der Waals surface area contributed by atoms with Gasteiger partial charge in [0, 0.05) is 18.9 Å². The third-order valence-electron chi connectivity index (χ3n) is 5.55. The van der Waals surface area contributed by atoms with Crippen molar-refractivity contribution in [1.29, 1.82) is 0 Å². The number of aryl methyl sites for hydroxylation is 2. The van der Waals surface area contributed by atoms with E-state index in [-0.39, 0.29) is 5.92 Å². The molecule has 0 spiro atoms. The van der Waals surface area contributed by atoms with Gasteiger partial charge in [-0.15, -0.1) is 0 Å². The minimum absolute atomic E-state index is 0.197. The minimum Gasteiger partial charge on any atom is -0.495 e. The van der Waals surface area contributed by atoms with Gasteiger partial charge >= 0.3 is 0 Å². The van der Waals surface area contributed by atoms with Crippen LogP contribution in [0.4, 0.5) is 0 Å². The average Bonchev–Trinajstić information content (AvgIpc) is 3.43. The standard InChI is InChI=1S/C24H24N6O/c1-17-15-29(16-26-17)21-10-8-18(14-22(21)31-2)9-11-23-27-24-19(6-5-13-30(24)28-23)20-7-3-4-12-25-20/h3-4,7-12,14-16,19H,5-6,13H2,1-2H3/b11-9+/t19-/m0/s1. The molecule has 1 atom stereocenters. The normalized spacial score (nSPS) is 15.9. The van der Waals surface area contributed by atoms with E-state index in [9.17, 15) is 0 Å². The molecule has 1 aliphatic rings. The summed E-state index contributed by atoms with van der Waals surface area (Å²) in [4.78, 5) is 13.7. The molecule has 1 aromatic carbocycles. The molecule has 0 N–H and O–H groups in total. The summed E-state index contributed by atoms with van der Waals surface area (Å²) in [5.41, 5.74) is 3.99. The van der Waals surface area contributed by atoms with Crippen molar-refractivity contribution >= 4 is 12.2 Å². The number of ether oxygens (including phenoxy) is 1. The summed E-state index contributed by atoms with van der Waals surface area (Å²) in [7, 11) is 1.68. The van der Waals surface area contributed by atoms with Gasteiger partial charge in [-0.05, 0) is 55.7 Å². The van der Waals surface area contributed by atoms with Crippen molar-refractivity contribution in [2.45, 2.75) is 32.2 Å². The Hall–Kier alpha value is -3.74. The zero-order chi connectivity index (χ0) is 21.2. The van der Waals surface area contributed by atoms with Gasteiger partial charge in [-0.1, -0.05) is 18.2 Å². The first-order chi connectivity index (χ1) is 15.2. The monoisotopic (exact) mass is 412 g/mol. The van der Waals surface area contributed by atoms with Crippen LogP contribution in [0.5, 0.6) is 5.75 Å². The number of rotatable bonds is 5. The number of hydrogen-bond donors (Lipinski definition) is 0. The molecule has 3 aromatic heterocycles. The molecule has 7 heteroatoms. The molecule has 4 aromatic rings. The van der Waals surface area contributed by atoms with Gasteiger partial charge < -0.3 is 9.30 Å². The lowest BCUT2D eigenvalue weighted by molar-refractivity contribution is 0.413. The van der Waals surface area contributed by atoms with Crippen LogP contribution in [0.15, 0.2) is 55.1 Å². The Labute approximate surface area is 181 Å². The second-order valence-corrected chi connectivity index (χ2v) is 7.69. The molecule has 0 aliphatic carbocycles. The molecule has 7 nitrogen and oxygen atoms in total. The SMILES string of the molecule is COc1cc(/C=C/c2nc3n(n2)CCC[C@H]3c2ccccn2)ccc1-n1cnc(C)c1. The minimum atomic E-state index is 0.197. The highest BCUT2D eigenvalue weighted by molar-refractivity contribution is 5.69. The van der Waals surface area contributed by atoms with Crippen LogP contribution in [-0.4, -0.2) is 36.4 Å². The van der Waals surface area contributed by atoms with Crippen molar-refractivity contribution in [3.63, 3.8) is 0 Å². The van der Waals surface area contributed by atoms with E-state index in [1.54, 1.807) is 13.4 Å². The van der Waals surface area contributed by atoms with Crippen molar-refractivity contribution in [3.8, 4) is 11.4 Å². The number of pyridine rings is 1. The van der Waals surface area contributed by atoms with E-state index in [4.69, 9.17) is 14.8 Å². The topological polar surface area (TPSA) is 70.7 Å². The molecule has 0 radical (unpaired) electrons. The van der Waals surface area contributed by atoms with Crippen molar-refractivity contribution in [2.75, 3.05) is 7.11 Å². The fraction of sp³-hybridized carbons (Fsp3) is 0.250. The van der Waals surface area contributed by atoms with Crippen LogP contribution >= 0.6 is 0 Å². The maximum atomic E-state index is 5.61. The van der Waals surface area contributed by atoms with E-state index in [2.05, 4.69) is 22.1 Å². The smallest absolute Gasteiger partial charge is 0.174 e. The highest BCUT2D eigenvalue weighted by Gasteiger charge is 2.26. The Morgan fingerprint density at radius 2 is 2.06 bits per heavy atom. The maximum absolute atomic E-state index is 5.61. The molecule has 1 aliphatic heterocycles. The molecular formula is C24H24N6O. The summed E-state index contributed by atoms with van der Waals surface area (Å²) in [5, 5.41) is 4.70. The average molecular weight is 412 g/mol. The predicted octanol–water partition coefficient (Wildman–Crippen LogP) is 4.27. The van der Waals surface area contributed by atoms with E-state index in [1.165, 1.54) is 0 Å². The Morgan fingerprint density at radius 1 is 1.13 bits per heavy atom. The molecule has 0 saturated heterocycles. The number of nitrogens with zero attached hydrogens (tertiary/aromatic N) is 6. The van der Waals surface area contributed by atoms with Crippen LogP contribution in [-0.2, 0) is 6.54 Å². The highest BCUT2D eigenvalue weighted by Crippen LogP contribution is 2.31. The van der Waals surface area contributed by atoms with Crippen LogP contribution < -0.4 is 4.74 Å². The Morgan fingerprint density at radius 3 is 2.84 bits per heavy atom. The van der Waals surface area contributed by atoms with Gasteiger partial charge in [0.25, 0.3) is 0 Å². The third kappa shape index (κ3) is 3.86. The first kappa shape index (κ1) is 19.2. The summed E-state index contributed by atoms with van der Waals surface area (Å²) in [5.74, 6) is 2.69. The number of hydrogen-bond acceptors (Lipinski definition) is 5. The van der Waals surface area contributed by atoms with Crippen molar-refractivity contribution in [3.05, 3.63) is 83.7 Å². The lowest BCUT2D eigenvalue weighted by Crippen LogP contribution is -2.18. The van der Waals surface area contributed by atoms with Crippen molar-refractivity contribution < 1.29 is 4.74 Å². The molecule has 0 bridgehead atoms. The summed E-state index contributed by atoms with van der Waals surface area (Å²) in [6.07, 6.45) is 11.7. The number of methoxy groups -OCH3 is 1. The predicted molar refractivity (Wildman–Crippen MR) is 119 cm³/mol. The molecular weight excluding hydrogens is 388 g/mol. The molecule has 0 amide bonds. The second-order valence-electron chi connectivity index (χ2n) is 7.69. The van der Waals surface area contributed by atoms with Gasteiger partial charge in [-0.2, -0.15) is 5.10 Å². The maximum Gasteiger partial charge on any atom is 0.174 e. The lowest BCUT2D eigenvalue weighted by Gasteiger charge is -2.21. The van der Waals surface area contributed by atoms with E-state index >= 15 is 0 Å². The first-order valence-electron chi connectivity index (χ1n) is 10.4. The molecule has 0 fully saturated rings. The van der Waals surface area contributed by atoms with Crippen LogP contribution in [0.2, 0.25) is 0 Å². The number of imidazole rings is 1. The van der Waals surface area contributed by atoms with Gasteiger partial charge in [0.15, 0.2) is 5.82 Å². The van der Waals surface area contributed by atoms with Crippen LogP contribution in [0.1, 0.15) is 47.4 Å². The van der Waals surface area contributed by atoms with Crippen LogP contribution in [0.3, 0.4) is 0 Å². The van der Waals surface area contributed by atoms with Crippen LogP contribution in [0, 0.1) is 6.92 Å². The van der Waals surface area contributed by atoms with Gasteiger partial charge in [0.2, 0.25) is 0 Å². The molecule has 4 heterocycles. The summed E-state index contributed by atoms with van der Waals surface area (Å²) < 4.78 is 9.59. The quantitative estimate of drug-likeness (QED) is 0.489. The van der Waals surface area contributed by atoms with Crippen molar-refractivity contribution in [2.24, 2.45) is 0 Å². The highest BCUT2D eigenvalue weighted by atomic mass is 16.5. The van der Waals surface area contributed by atoms with Gasteiger partial charge in [0.05, 0.1) is 36.4 Å². The fourth-order valence-electron chi connectivity index (χ4n) is 4.04.